The Labute approximate surface area is 122 Å². The number of nitrogens with one attached hydrogen (secondary N) is 1. The molecular formula is C13H17FN2O4S. The van der Waals surface area contributed by atoms with Crippen molar-refractivity contribution in [3.8, 4) is 0 Å². The van der Waals surface area contributed by atoms with E-state index in [0.29, 0.717) is 13.1 Å². The van der Waals surface area contributed by atoms with Gasteiger partial charge in [0.25, 0.3) is 0 Å². The van der Waals surface area contributed by atoms with E-state index in [1.54, 1.807) is 0 Å². The molecule has 6 nitrogen and oxygen atoms in total. The Hall–Kier alpha value is -1.67. The van der Waals surface area contributed by atoms with Gasteiger partial charge in [0, 0.05) is 13.1 Å². The Morgan fingerprint density at radius 2 is 2.19 bits per heavy atom. The zero-order chi connectivity index (χ0) is 15.6. The van der Waals surface area contributed by atoms with E-state index >= 15 is 0 Å². The second kappa shape index (κ2) is 5.98. The van der Waals surface area contributed by atoms with E-state index in [2.05, 4.69) is 4.72 Å². The van der Waals surface area contributed by atoms with Crippen LogP contribution in [0, 0.1) is 11.7 Å². The number of rotatable bonds is 4. The molecule has 21 heavy (non-hydrogen) atoms. The van der Waals surface area contributed by atoms with Gasteiger partial charge in [-0.15, -0.1) is 0 Å². The summed E-state index contributed by atoms with van der Waals surface area (Å²) in [6.45, 7) is 2.74. The van der Waals surface area contributed by atoms with Crippen LogP contribution in [-0.4, -0.2) is 36.9 Å². The van der Waals surface area contributed by atoms with E-state index in [4.69, 9.17) is 5.11 Å². The monoisotopic (exact) mass is 316 g/mol. The van der Waals surface area contributed by atoms with Gasteiger partial charge < -0.3 is 5.11 Å². The zero-order valence-corrected chi connectivity index (χ0v) is 12.4. The average molecular weight is 316 g/mol. The number of halogens is 1. The number of hydrogen-bond acceptors (Lipinski definition) is 3. The predicted octanol–water partition coefficient (Wildman–Crippen LogP) is 1.91. The summed E-state index contributed by atoms with van der Waals surface area (Å²) in [7, 11) is -3.84. The van der Waals surface area contributed by atoms with Crippen LogP contribution < -0.4 is 4.72 Å². The lowest BCUT2D eigenvalue weighted by Crippen LogP contribution is -2.42. The summed E-state index contributed by atoms with van der Waals surface area (Å²) >= 11 is 0. The van der Waals surface area contributed by atoms with Gasteiger partial charge in [-0.05, 0) is 37.0 Å². The molecule has 0 aromatic heterocycles. The van der Waals surface area contributed by atoms with Crippen LogP contribution >= 0.6 is 0 Å². The van der Waals surface area contributed by atoms with Crippen molar-refractivity contribution in [3.63, 3.8) is 0 Å². The lowest BCUT2D eigenvalue weighted by molar-refractivity contribution is 0.0697. The Balaban J connectivity index is 2.26. The summed E-state index contributed by atoms with van der Waals surface area (Å²) in [4.78, 5) is 11.1. The molecule has 1 fully saturated rings. The molecule has 116 valence electrons. The number of hydrogen-bond donors (Lipinski definition) is 2. The molecule has 2 rings (SSSR count). The maximum absolute atomic E-state index is 13.1. The van der Waals surface area contributed by atoms with Crippen LogP contribution in [0.5, 0.6) is 0 Å². The molecule has 1 atom stereocenters. The Bertz CT molecular complexity index is 648. The van der Waals surface area contributed by atoms with Crippen molar-refractivity contribution in [2.45, 2.75) is 19.8 Å². The van der Waals surface area contributed by atoms with E-state index in [-0.39, 0.29) is 11.6 Å². The number of carboxylic acids is 1. The minimum absolute atomic E-state index is 0.137. The first kappa shape index (κ1) is 15.7. The first-order valence-corrected chi connectivity index (χ1v) is 8.04. The third kappa shape index (κ3) is 3.70. The number of piperidine rings is 1. The summed E-state index contributed by atoms with van der Waals surface area (Å²) < 4.78 is 41.2. The quantitative estimate of drug-likeness (QED) is 0.888. The van der Waals surface area contributed by atoms with Crippen LogP contribution in [0.1, 0.15) is 30.1 Å². The summed E-state index contributed by atoms with van der Waals surface area (Å²) in [5, 5.41) is 9.02. The van der Waals surface area contributed by atoms with Crippen molar-refractivity contribution in [2.75, 3.05) is 17.8 Å². The fourth-order valence-electron chi connectivity index (χ4n) is 2.35. The molecule has 2 N–H and O–H groups in total. The molecule has 8 heteroatoms. The van der Waals surface area contributed by atoms with Crippen molar-refractivity contribution < 1.29 is 22.7 Å². The SMILES string of the molecule is C[C@H]1CCCN(S(=O)(=O)Nc2ccc(F)cc2C(=O)O)C1. The molecule has 1 aliphatic heterocycles. The smallest absolute Gasteiger partial charge is 0.337 e. The first-order chi connectivity index (χ1) is 9.79. The number of benzene rings is 1. The molecule has 0 spiro atoms. The molecule has 1 aromatic rings. The largest absolute Gasteiger partial charge is 0.478 e. The molecule has 1 heterocycles. The molecular weight excluding hydrogens is 299 g/mol. The fraction of sp³-hybridized carbons (Fsp3) is 0.462. The lowest BCUT2D eigenvalue weighted by Gasteiger charge is -2.30. The van der Waals surface area contributed by atoms with E-state index in [9.17, 15) is 17.6 Å². The molecule has 1 saturated heterocycles. The summed E-state index contributed by atoms with van der Waals surface area (Å²) in [6.07, 6.45) is 1.72. The highest BCUT2D eigenvalue weighted by Gasteiger charge is 2.28. The minimum Gasteiger partial charge on any atom is -0.478 e. The molecule has 0 bridgehead atoms. The van der Waals surface area contributed by atoms with Crippen LogP contribution in [0.2, 0.25) is 0 Å². The van der Waals surface area contributed by atoms with Gasteiger partial charge in [-0.2, -0.15) is 12.7 Å². The highest BCUT2D eigenvalue weighted by Crippen LogP contribution is 2.23. The summed E-state index contributed by atoms with van der Waals surface area (Å²) in [5.74, 6) is -1.87. The lowest BCUT2D eigenvalue weighted by atomic mass is 10.0. The molecule has 0 amide bonds. The van der Waals surface area contributed by atoms with Crippen LogP contribution in [0.25, 0.3) is 0 Å². The standard InChI is InChI=1S/C13H17FN2O4S/c1-9-3-2-6-16(8-9)21(19,20)15-12-5-4-10(14)7-11(12)13(17)18/h4-5,7,9,15H,2-3,6,8H2,1H3,(H,17,18)/t9-/m0/s1. The number of carboxylic acid groups (broad SMARTS) is 1. The Morgan fingerprint density at radius 1 is 1.48 bits per heavy atom. The molecule has 0 radical (unpaired) electrons. The minimum atomic E-state index is -3.84. The number of anilines is 1. The highest BCUT2D eigenvalue weighted by atomic mass is 32.2. The topological polar surface area (TPSA) is 86.7 Å². The molecule has 1 aliphatic rings. The Morgan fingerprint density at radius 3 is 2.81 bits per heavy atom. The number of aromatic carboxylic acids is 1. The number of carbonyl (C=O) groups is 1. The third-order valence-corrected chi connectivity index (χ3v) is 4.90. The van der Waals surface area contributed by atoms with Gasteiger partial charge in [-0.1, -0.05) is 6.92 Å². The van der Waals surface area contributed by atoms with Crippen LogP contribution in [-0.2, 0) is 10.2 Å². The molecule has 0 aliphatic carbocycles. The van der Waals surface area contributed by atoms with Crippen molar-refractivity contribution in [1.29, 1.82) is 0 Å². The predicted molar refractivity (Wildman–Crippen MR) is 75.9 cm³/mol. The van der Waals surface area contributed by atoms with Crippen molar-refractivity contribution in [2.24, 2.45) is 5.92 Å². The molecule has 0 unspecified atom stereocenters. The van der Waals surface area contributed by atoms with Gasteiger partial charge in [0.15, 0.2) is 0 Å². The molecule has 0 saturated carbocycles. The maximum atomic E-state index is 13.1. The van der Waals surface area contributed by atoms with Crippen molar-refractivity contribution in [3.05, 3.63) is 29.6 Å². The maximum Gasteiger partial charge on any atom is 0.337 e. The van der Waals surface area contributed by atoms with E-state index in [1.165, 1.54) is 4.31 Å². The van der Waals surface area contributed by atoms with Crippen molar-refractivity contribution >= 4 is 21.9 Å². The van der Waals surface area contributed by atoms with Crippen LogP contribution in [0.15, 0.2) is 18.2 Å². The van der Waals surface area contributed by atoms with Gasteiger partial charge >= 0.3 is 16.2 Å². The van der Waals surface area contributed by atoms with Gasteiger partial charge in [0.05, 0.1) is 11.3 Å². The van der Waals surface area contributed by atoms with Crippen molar-refractivity contribution in [1.82, 2.24) is 4.31 Å². The van der Waals surface area contributed by atoms with E-state index < -0.39 is 27.6 Å². The summed E-state index contributed by atoms with van der Waals surface area (Å²) in [5.41, 5.74) is -0.550. The van der Waals surface area contributed by atoms with Gasteiger partial charge in [-0.25, -0.2) is 9.18 Å². The highest BCUT2D eigenvalue weighted by molar-refractivity contribution is 7.90. The third-order valence-electron chi connectivity index (χ3n) is 3.41. The second-order valence-corrected chi connectivity index (χ2v) is 6.88. The van der Waals surface area contributed by atoms with Crippen LogP contribution in [0.3, 0.4) is 0 Å². The normalized spacial score (nSPS) is 20.2. The number of nitrogens with zero attached hydrogens (tertiary/aromatic N) is 1. The van der Waals surface area contributed by atoms with Crippen LogP contribution in [0.4, 0.5) is 10.1 Å². The van der Waals surface area contributed by atoms with Gasteiger partial charge in [0.1, 0.15) is 5.82 Å². The van der Waals surface area contributed by atoms with E-state index in [1.807, 2.05) is 6.92 Å². The van der Waals surface area contributed by atoms with Gasteiger partial charge in [0.2, 0.25) is 0 Å². The van der Waals surface area contributed by atoms with E-state index in [0.717, 1.165) is 31.0 Å². The second-order valence-electron chi connectivity index (χ2n) is 5.21. The fourth-order valence-corrected chi connectivity index (χ4v) is 3.76. The molecule has 1 aromatic carbocycles. The van der Waals surface area contributed by atoms with Gasteiger partial charge in [-0.3, -0.25) is 4.72 Å². The average Bonchev–Trinajstić information content (AvgIpc) is 2.40. The zero-order valence-electron chi connectivity index (χ0n) is 11.5. The Kier molecular flexibility index (Phi) is 4.48. The summed E-state index contributed by atoms with van der Waals surface area (Å²) in [6, 6.07) is 2.92. The first-order valence-electron chi connectivity index (χ1n) is 6.60.